The predicted molar refractivity (Wildman–Crippen MR) is 74.3 cm³/mol. The van der Waals surface area contributed by atoms with Gasteiger partial charge in [-0.05, 0) is 37.2 Å². The highest BCUT2D eigenvalue weighted by Crippen LogP contribution is 2.35. The van der Waals surface area contributed by atoms with Gasteiger partial charge < -0.3 is 18.1 Å². The van der Waals surface area contributed by atoms with Gasteiger partial charge in [0.1, 0.15) is 0 Å². The number of halogens is 1. The van der Waals surface area contributed by atoms with Crippen LogP contribution in [0.3, 0.4) is 0 Å². The van der Waals surface area contributed by atoms with Crippen molar-refractivity contribution in [2.45, 2.75) is 50.1 Å². The maximum atomic E-state index is 4.20. The van der Waals surface area contributed by atoms with E-state index in [1.165, 1.54) is 45.2 Å². The summed E-state index contributed by atoms with van der Waals surface area (Å²) in [5.41, 5.74) is 5.75. The van der Waals surface area contributed by atoms with Crippen LogP contribution in [0.1, 0.15) is 43.6 Å². The van der Waals surface area contributed by atoms with E-state index >= 15 is 0 Å². The van der Waals surface area contributed by atoms with Crippen LogP contribution < -0.4 is 18.1 Å². The number of quaternary nitrogens is 1. The van der Waals surface area contributed by atoms with Crippen LogP contribution in [0.5, 0.6) is 0 Å². The number of likely N-dealkylation sites (tertiary alicyclic amines) is 1. The molecule has 2 aliphatic rings. The Morgan fingerprint density at radius 2 is 1.63 bits per heavy atom. The lowest BCUT2D eigenvalue weighted by Gasteiger charge is -2.34. The predicted octanol–water partition coefficient (Wildman–Crippen LogP) is -0.967. The third-order valence-corrected chi connectivity index (χ3v) is 4.80. The molecule has 19 heavy (non-hydrogen) atoms. The minimum absolute atomic E-state index is 0. The molecular formula is C16H25ClN2. The molecule has 1 atom stereocenters. The molecule has 3 rings (SSSR count). The summed E-state index contributed by atoms with van der Waals surface area (Å²) in [6.45, 7) is 2.52. The van der Waals surface area contributed by atoms with E-state index in [0.29, 0.717) is 6.04 Å². The molecule has 3 N–H and O–H groups in total. The largest absolute Gasteiger partial charge is 1.00 e. The normalized spacial score (nSPS) is 31.9. The first-order chi connectivity index (χ1) is 8.83. The Labute approximate surface area is 122 Å². The zero-order valence-electron chi connectivity index (χ0n) is 11.6. The zero-order valence-corrected chi connectivity index (χ0v) is 12.4. The Morgan fingerprint density at radius 1 is 0.947 bits per heavy atom. The van der Waals surface area contributed by atoms with Crippen molar-refractivity contribution in [1.82, 2.24) is 4.90 Å². The minimum Gasteiger partial charge on any atom is -1.00 e. The van der Waals surface area contributed by atoms with Gasteiger partial charge in [-0.2, -0.15) is 0 Å². The van der Waals surface area contributed by atoms with Crippen LogP contribution in [-0.2, 0) is 0 Å². The Balaban J connectivity index is 0.00000133. The van der Waals surface area contributed by atoms with Gasteiger partial charge in [0, 0.05) is 19.0 Å². The highest BCUT2D eigenvalue weighted by Gasteiger charge is 2.31. The molecule has 1 unspecified atom stereocenters. The van der Waals surface area contributed by atoms with Crippen molar-refractivity contribution in [3.05, 3.63) is 35.9 Å². The number of hydrogen-bond acceptors (Lipinski definition) is 1. The van der Waals surface area contributed by atoms with Gasteiger partial charge in [-0.25, -0.2) is 0 Å². The summed E-state index contributed by atoms with van der Waals surface area (Å²) in [5, 5.41) is 0. The molecule has 106 valence electrons. The van der Waals surface area contributed by atoms with Crippen LogP contribution in [0.15, 0.2) is 30.3 Å². The van der Waals surface area contributed by atoms with Crippen LogP contribution in [0.25, 0.3) is 0 Å². The van der Waals surface area contributed by atoms with Crippen LogP contribution in [0.4, 0.5) is 0 Å². The number of nitrogens with zero attached hydrogens (tertiary/aromatic N) is 1. The summed E-state index contributed by atoms with van der Waals surface area (Å²) in [4.78, 5) is 2.69. The van der Waals surface area contributed by atoms with Crippen LogP contribution >= 0.6 is 0 Å². The summed E-state index contributed by atoms with van der Waals surface area (Å²) in [7, 11) is 0. The second kappa shape index (κ2) is 6.74. The van der Waals surface area contributed by atoms with E-state index in [9.17, 15) is 0 Å². The molecule has 1 aromatic carbocycles. The zero-order chi connectivity index (χ0) is 12.4. The van der Waals surface area contributed by atoms with E-state index in [2.05, 4.69) is 41.0 Å². The van der Waals surface area contributed by atoms with Crippen molar-refractivity contribution < 1.29 is 18.1 Å². The molecule has 3 heteroatoms. The van der Waals surface area contributed by atoms with Crippen molar-refractivity contribution in [3.8, 4) is 0 Å². The van der Waals surface area contributed by atoms with Crippen LogP contribution in [0.2, 0.25) is 0 Å². The summed E-state index contributed by atoms with van der Waals surface area (Å²) >= 11 is 0. The molecule has 1 aliphatic heterocycles. The van der Waals surface area contributed by atoms with Crippen molar-refractivity contribution in [2.24, 2.45) is 0 Å². The molecule has 1 aromatic rings. The smallest absolute Gasteiger partial charge is 0.0984 e. The highest BCUT2D eigenvalue weighted by atomic mass is 35.5. The quantitative estimate of drug-likeness (QED) is 0.743. The topological polar surface area (TPSA) is 30.9 Å². The lowest BCUT2D eigenvalue weighted by Crippen LogP contribution is -3.00. The van der Waals surface area contributed by atoms with Gasteiger partial charge in [0.05, 0.1) is 12.6 Å². The number of rotatable bonds is 2. The molecule has 2 nitrogen and oxygen atoms in total. The molecule has 0 spiro atoms. The Morgan fingerprint density at radius 3 is 2.21 bits per heavy atom. The molecule has 1 saturated carbocycles. The first-order valence-corrected chi connectivity index (χ1v) is 7.45. The lowest BCUT2D eigenvalue weighted by molar-refractivity contribution is -0.414. The van der Waals surface area contributed by atoms with Gasteiger partial charge in [-0.3, -0.25) is 4.90 Å². The van der Waals surface area contributed by atoms with E-state index in [1.807, 2.05) is 0 Å². The van der Waals surface area contributed by atoms with E-state index < -0.39 is 0 Å². The summed E-state index contributed by atoms with van der Waals surface area (Å²) in [6, 6.07) is 12.6. The average Bonchev–Trinajstić information content (AvgIpc) is 2.87. The SMILES string of the molecule is [Cl-].[NH3+]C1CCN(C2CCC(c3ccccc3)CC2)C1. The Kier molecular flexibility index (Phi) is 5.26. The molecule has 1 saturated heterocycles. The summed E-state index contributed by atoms with van der Waals surface area (Å²) in [5.74, 6) is 0.806. The first-order valence-electron chi connectivity index (χ1n) is 7.45. The number of benzene rings is 1. The average molecular weight is 281 g/mol. The maximum absolute atomic E-state index is 4.20. The lowest BCUT2D eigenvalue weighted by atomic mass is 9.81. The Hall–Kier alpha value is -0.570. The van der Waals surface area contributed by atoms with E-state index in [0.717, 1.165) is 12.0 Å². The van der Waals surface area contributed by atoms with Crippen molar-refractivity contribution >= 4 is 0 Å². The second-order valence-electron chi connectivity index (χ2n) is 6.07. The molecular weight excluding hydrogens is 256 g/mol. The summed E-state index contributed by atoms with van der Waals surface area (Å²) < 4.78 is 0. The van der Waals surface area contributed by atoms with Crippen molar-refractivity contribution in [2.75, 3.05) is 13.1 Å². The van der Waals surface area contributed by atoms with E-state index in [-0.39, 0.29) is 12.4 Å². The first kappa shape index (κ1) is 14.8. The minimum atomic E-state index is 0. The second-order valence-corrected chi connectivity index (χ2v) is 6.07. The monoisotopic (exact) mass is 280 g/mol. The van der Waals surface area contributed by atoms with Gasteiger partial charge in [0.15, 0.2) is 0 Å². The standard InChI is InChI=1S/C16H24N2.ClH/c17-15-10-11-18(12-15)16-8-6-14(7-9-16)13-4-2-1-3-5-13;/h1-5,14-16H,6-12,17H2;1H. The van der Waals surface area contributed by atoms with E-state index in [4.69, 9.17) is 0 Å². The van der Waals surface area contributed by atoms with Crippen LogP contribution in [-0.4, -0.2) is 30.1 Å². The fraction of sp³-hybridized carbons (Fsp3) is 0.625. The third kappa shape index (κ3) is 3.50. The van der Waals surface area contributed by atoms with Crippen molar-refractivity contribution in [3.63, 3.8) is 0 Å². The molecule has 0 aromatic heterocycles. The van der Waals surface area contributed by atoms with E-state index in [1.54, 1.807) is 5.56 Å². The fourth-order valence-corrected chi connectivity index (χ4v) is 3.69. The van der Waals surface area contributed by atoms with Gasteiger partial charge >= 0.3 is 0 Å². The molecule has 1 aliphatic carbocycles. The molecule has 2 fully saturated rings. The fourth-order valence-electron chi connectivity index (χ4n) is 3.69. The van der Waals surface area contributed by atoms with Gasteiger partial charge in [0.2, 0.25) is 0 Å². The van der Waals surface area contributed by atoms with Gasteiger partial charge in [-0.15, -0.1) is 0 Å². The highest BCUT2D eigenvalue weighted by molar-refractivity contribution is 5.20. The van der Waals surface area contributed by atoms with Crippen molar-refractivity contribution in [1.29, 1.82) is 0 Å². The molecule has 0 bridgehead atoms. The van der Waals surface area contributed by atoms with Gasteiger partial charge in [-0.1, -0.05) is 30.3 Å². The van der Waals surface area contributed by atoms with Crippen LogP contribution in [0, 0.1) is 0 Å². The molecule has 0 radical (unpaired) electrons. The Bertz CT molecular complexity index is 374. The van der Waals surface area contributed by atoms with Gasteiger partial charge in [0.25, 0.3) is 0 Å². The maximum Gasteiger partial charge on any atom is 0.0984 e. The third-order valence-electron chi connectivity index (χ3n) is 4.80. The molecule has 1 heterocycles. The summed E-state index contributed by atoms with van der Waals surface area (Å²) in [6.07, 6.45) is 6.80. The molecule has 0 amide bonds. The number of hydrogen-bond donors (Lipinski definition) is 1.